The van der Waals surface area contributed by atoms with E-state index in [0.717, 1.165) is 11.1 Å². The van der Waals surface area contributed by atoms with Gasteiger partial charge in [0.05, 0.1) is 6.20 Å². The lowest BCUT2D eigenvalue weighted by atomic mass is 10.1. The highest BCUT2D eigenvalue weighted by Crippen LogP contribution is 2.18. The number of aromatic nitrogens is 4. The number of hydrogen-bond donors (Lipinski definition) is 1. The fraction of sp³-hybridized carbons (Fsp3) is 0. The zero-order chi connectivity index (χ0) is 12.4. The maximum Gasteiger partial charge on any atom is 0.263 e. The lowest BCUT2D eigenvalue weighted by molar-refractivity contribution is 0.0960. The van der Waals surface area contributed by atoms with Crippen molar-refractivity contribution < 1.29 is 4.79 Å². The van der Waals surface area contributed by atoms with Gasteiger partial charge in [0.1, 0.15) is 6.33 Å². The maximum atomic E-state index is 12.0. The highest BCUT2D eigenvalue weighted by Gasteiger charge is 2.07. The van der Waals surface area contributed by atoms with Crippen LogP contribution in [0.15, 0.2) is 55.4 Å². The summed E-state index contributed by atoms with van der Waals surface area (Å²) in [5.41, 5.74) is 2.64. The molecule has 1 aromatic carbocycles. The lowest BCUT2D eigenvalue weighted by Gasteiger charge is -2.02. The van der Waals surface area contributed by atoms with E-state index in [1.807, 2.05) is 18.3 Å². The third-order valence-corrected chi connectivity index (χ3v) is 2.70. The molecule has 0 aliphatic carbocycles. The molecule has 3 aromatic rings. The van der Waals surface area contributed by atoms with Crippen LogP contribution in [0, 0.1) is 0 Å². The smallest absolute Gasteiger partial charge is 0.263 e. The van der Waals surface area contributed by atoms with Crippen LogP contribution in [0.2, 0.25) is 0 Å². The average molecular weight is 238 g/mol. The second-order valence-electron chi connectivity index (χ2n) is 3.84. The van der Waals surface area contributed by atoms with Crippen LogP contribution in [-0.2, 0) is 0 Å². The van der Waals surface area contributed by atoms with Gasteiger partial charge in [-0.05, 0) is 17.7 Å². The molecule has 2 aromatic heterocycles. The van der Waals surface area contributed by atoms with E-state index in [4.69, 9.17) is 0 Å². The summed E-state index contributed by atoms with van der Waals surface area (Å²) in [6.07, 6.45) is 8.26. The largest absolute Gasteiger partial charge is 0.285 e. The zero-order valence-corrected chi connectivity index (χ0v) is 9.45. The summed E-state index contributed by atoms with van der Waals surface area (Å²) in [5.74, 6) is -0.0914. The van der Waals surface area contributed by atoms with Crippen LogP contribution in [0.1, 0.15) is 10.4 Å². The minimum atomic E-state index is -0.0914. The number of carbonyl (C=O) groups is 1. The summed E-state index contributed by atoms with van der Waals surface area (Å²) in [4.78, 5) is 15.9. The Hall–Kier alpha value is -2.69. The lowest BCUT2D eigenvalue weighted by Crippen LogP contribution is -2.09. The van der Waals surface area contributed by atoms with Crippen LogP contribution in [0.4, 0.5) is 0 Å². The second kappa shape index (κ2) is 4.29. The van der Waals surface area contributed by atoms with Gasteiger partial charge in [0.25, 0.3) is 5.91 Å². The summed E-state index contributed by atoms with van der Waals surface area (Å²) in [6.45, 7) is 0. The number of H-pyrrole nitrogens is 1. The Morgan fingerprint density at radius 3 is 2.61 bits per heavy atom. The van der Waals surface area contributed by atoms with Gasteiger partial charge < -0.3 is 0 Å². The number of imidazole rings is 1. The molecule has 0 radical (unpaired) electrons. The summed E-state index contributed by atoms with van der Waals surface area (Å²) >= 11 is 0. The van der Waals surface area contributed by atoms with E-state index in [0.29, 0.717) is 5.56 Å². The molecule has 0 spiro atoms. The molecule has 0 bridgehead atoms. The monoisotopic (exact) mass is 238 g/mol. The fourth-order valence-corrected chi connectivity index (χ4v) is 1.74. The van der Waals surface area contributed by atoms with Crippen molar-refractivity contribution in [3.05, 3.63) is 60.9 Å². The van der Waals surface area contributed by atoms with E-state index in [1.54, 1.807) is 30.7 Å². The van der Waals surface area contributed by atoms with Crippen LogP contribution in [0.25, 0.3) is 11.1 Å². The predicted octanol–water partition coefficient (Wildman–Crippen LogP) is 1.96. The molecule has 0 saturated heterocycles. The molecule has 18 heavy (non-hydrogen) atoms. The first kappa shape index (κ1) is 10.5. The van der Waals surface area contributed by atoms with Gasteiger partial charge in [-0.25, -0.2) is 4.98 Å². The van der Waals surface area contributed by atoms with Crippen molar-refractivity contribution in [1.29, 1.82) is 0 Å². The first-order valence-electron chi connectivity index (χ1n) is 5.46. The highest BCUT2D eigenvalue weighted by atomic mass is 16.2. The number of aromatic amines is 1. The van der Waals surface area contributed by atoms with E-state index < -0.39 is 0 Å². The molecule has 0 unspecified atom stereocenters. The van der Waals surface area contributed by atoms with E-state index >= 15 is 0 Å². The SMILES string of the molecule is O=C(c1ccc(-c2cn[nH]c2)cc1)n1ccnc1. The Balaban J connectivity index is 1.90. The van der Waals surface area contributed by atoms with Crippen molar-refractivity contribution in [2.75, 3.05) is 0 Å². The summed E-state index contributed by atoms with van der Waals surface area (Å²) < 4.78 is 1.45. The van der Waals surface area contributed by atoms with Crippen LogP contribution < -0.4 is 0 Å². The minimum absolute atomic E-state index is 0.0914. The maximum absolute atomic E-state index is 12.0. The molecular weight excluding hydrogens is 228 g/mol. The van der Waals surface area contributed by atoms with Crippen molar-refractivity contribution in [3.8, 4) is 11.1 Å². The van der Waals surface area contributed by atoms with Gasteiger partial charge in [-0.15, -0.1) is 0 Å². The van der Waals surface area contributed by atoms with Gasteiger partial charge in [-0.2, -0.15) is 5.10 Å². The third-order valence-electron chi connectivity index (χ3n) is 2.70. The Morgan fingerprint density at radius 1 is 1.17 bits per heavy atom. The number of nitrogens with zero attached hydrogens (tertiary/aromatic N) is 3. The first-order chi connectivity index (χ1) is 8.84. The molecule has 1 N–H and O–H groups in total. The van der Waals surface area contributed by atoms with E-state index in [-0.39, 0.29) is 5.91 Å². The summed E-state index contributed by atoms with van der Waals surface area (Å²) in [7, 11) is 0. The molecule has 5 heteroatoms. The quantitative estimate of drug-likeness (QED) is 0.742. The molecule has 0 aliphatic rings. The molecule has 88 valence electrons. The average Bonchev–Trinajstić information content (AvgIpc) is 3.11. The van der Waals surface area contributed by atoms with E-state index in [2.05, 4.69) is 15.2 Å². The molecule has 0 saturated carbocycles. The molecule has 0 aliphatic heterocycles. The normalized spacial score (nSPS) is 10.4. The van der Waals surface area contributed by atoms with Crippen LogP contribution in [0.5, 0.6) is 0 Å². The molecule has 0 atom stereocenters. The van der Waals surface area contributed by atoms with Gasteiger partial charge >= 0.3 is 0 Å². The molecule has 0 amide bonds. The Bertz CT molecular complexity index is 639. The van der Waals surface area contributed by atoms with Crippen molar-refractivity contribution in [3.63, 3.8) is 0 Å². The second-order valence-corrected chi connectivity index (χ2v) is 3.84. The van der Waals surface area contributed by atoms with Gasteiger partial charge in [0.2, 0.25) is 0 Å². The Kier molecular flexibility index (Phi) is 2.49. The highest BCUT2D eigenvalue weighted by molar-refractivity contribution is 5.96. The third kappa shape index (κ3) is 1.82. The molecule has 5 nitrogen and oxygen atoms in total. The molecule has 2 heterocycles. The standard InChI is InChI=1S/C13H10N4O/c18-13(17-6-5-14-9-17)11-3-1-10(2-4-11)12-7-15-16-8-12/h1-9H,(H,15,16). The summed E-state index contributed by atoms with van der Waals surface area (Å²) in [5, 5.41) is 6.65. The van der Waals surface area contributed by atoms with Crippen LogP contribution >= 0.6 is 0 Å². The topological polar surface area (TPSA) is 63.6 Å². The molecular formula is C13H10N4O. The summed E-state index contributed by atoms with van der Waals surface area (Å²) in [6, 6.07) is 7.39. The van der Waals surface area contributed by atoms with Crippen molar-refractivity contribution in [1.82, 2.24) is 19.7 Å². The van der Waals surface area contributed by atoms with Gasteiger partial charge in [-0.1, -0.05) is 12.1 Å². The van der Waals surface area contributed by atoms with E-state index in [9.17, 15) is 4.79 Å². The predicted molar refractivity (Wildman–Crippen MR) is 66.0 cm³/mol. The minimum Gasteiger partial charge on any atom is -0.285 e. The number of carbonyl (C=O) groups excluding carboxylic acids is 1. The van der Waals surface area contributed by atoms with Crippen molar-refractivity contribution in [2.24, 2.45) is 0 Å². The number of hydrogen-bond acceptors (Lipinski definition) is 3. The Labute approximate surface area is 103 Å². The van der Waals surface area contributed by atoms with Gasteiger partial charge in [-0.3, -0.25) is 14.5 Å². The zero-order valence-electron chi connectivity index (χ0n) is 9.45. The first-order valence-corrected chi connectivity index (χ1v) is 5.46. The fourth-order valence-electron chi connectivity index (χ4n) is 1.74. The van der Waals surface area contributed by atoms with Gasteiger partial charge in [0.15, 0.2) is 0 Å². The molecule has 0 fully saturated rings. The van der Waals surface area contributed by atoms with Crippen molar-refractivity contribution in [2.45, 2.75) is 0 Å². The number of rotatable bonds is 2. The van der Waals surface area contributed by atoms with Crippen LogP contribution in [-0.4, -0.2) is 25.7 Å². The Morgan fingerprint density at radius 2 is 2.00 bits per heavy atom. The van der Waals surface area contributed by atoms with Crippen LogP contribution in [0.3, 0.4) is 0 Å². The number of benzene rings is 1. The van der Waals surface area contributed by atoms with Crippen molar-refractivity contribution >= 4 is 5.91 Å². The molecule has 3 rings (SSSR count). The van der Waals surface area contributed by atoms with E-state index in [1.165, 1.54) is 10.9 Å². The van der Waals surface area contributed by atoms with Gasteiger partial charge in [0, 0.05) is 29.7 Å². The number of nitrogens with one attached hydrogen (secondary N) is 1.